The van der Waals surface area contributed by atoms with E-state index < -0.39 is 0 Å². The molecule has 0 radical (unpaired) electrons. The summed E-state index contributed by atoms with van der Waals surface area (Å²) in [5.74, 6) is 6.28. The zero-order valence-corrected chi connectivity index (χ0v) is 11.9. The molecule has 0 aromatic rings. The van der Waals surface area contributed by atoms with E-state index in [9.17, 15) is 0 Å². The first-order valence-corrected chi connectivity index (χ1v) is 7.55. The maximum atomic E-state index is 3.20. The Bertz CT molecular complexity index is 214. The van der Waals surface area contributed by atoms with Gasteiger partial charge in [-0.15, -0.1) is 0 Å². The normalized spacial score (nSPS) is 10.5. The van der Waals surface area contributed by atoms with E-state index in [1.807, 2.05) is 6.08 Å². The Morgan fingerprint density at radius 1 is 0.765 bits per heavy atom. The predicted octanol–water partition coefficient (Wildman–Crippen LogP) is 5.88. The minimum atomic E-state index is 1.07. The summed E-state index contributed by atoms with van der Waals surface area (Å²) in [6.45, 7) is 4.41. The van der Waals surface area contributed by atoms with Crippen molar-refractivity contribution in [3.8, 4) is 11.8 Å². The van der Waals surface area contributed by atoms with E-state index in [1.54, 1.807) is 0 Å². The van der Waals surface area contributed by atoms with Crippen LogP contribution in [0.5, 0.6) is 0 Å². The van der Waals surface area contributed by atoms with E-state index in [0.717, 1.165) is 12.8 Å². The zero-order valence-electron chi connectivity index (χ0n) is 11.9. The third-order valence-corrected chi connectivity index (χ3v) is 2.94. The van der Waals surface area contributed by atoms with Gasteiger partial charge in [-0.05, 0) is 18.9 Å². The average Bonchev–Trinajstić information content (AvgIpc) is 2.35. The SMILES string of the molecule is CCC=CC#CCCCCCCCCCCC. The number of unbranched alkanes of at least 4 members (excludes halogenated alkanes) is 9. The second-order valence-electron chi connectivity index (χ2n) is 4.71. The second kappa shape index (κ2) is 15.3. The van der Waals surface area contributed by atoms with Gasteiger partial charge in [0.15, 0.2) is 0 Å². The molecule has 0 saturated heterocycles. The van der Waals surface area contributed by atoms with Gasteiger partial charge in [0.1, 0.15) is 0 Å². The van der Waals surface area contributed by atoms with Gasteiger partial charge in [-0.2, -0.15) is 0 Å². The Morgan fingerprint density at radius 2 is 1.35 bits per heavy atom. The standard InChI is InChI=1S/C17H30/c1-3-5-7-9-11-13-15-17-16-14-12-10-8-6-4-2/h5,7H,3-4,6,8,10,12-17H2,1-2H3. The molecule has 0 fully saturated rings. The third-order valence-electron chi connectivity index (χ3n) is 2.94. The summed E-state index contributed by atoms with van der Waals surface area (Å²) < 4.78 is 0. The van der Waals surface area contributed by atoms with Gasteiger partial charge < -0.3 is 0 Å². The van der Waals surface area contributed by atoms with Crippen LogP contribution in [0.3, 0.4) is 0 Å². The lowest BCUT2D eigenvalue weighted by atomic mass is 10.1. The van der Waals surface area contributed by atoms with Gasteiger partial charge in [0.2, 0.25) is 0 Å². The van der Waals surface area contributed by atoms with Crippen molar-refractivity contribution < 1.29 is 0 Å². The fourth-order valence-electron chi connectivity index (χ4n) is 1.83. The summed E-state index contributed by atoms with van der Waals surface area (Å²) in [6.07, 6.45) is 18.8. The fraction of sp³-hybridized carbons (Fsp3) is 0.765. The smallest absolute Gasteiger partial charge is 0.00922 e. The molecule has 0 N–H and O–H groups in total. The molecule has 0 bridgehead atoms. The minimum absolute atomic E-state index is 1.07. The second-order valence-corrected chi connectivity index (χ2v) is 4.71. The Hall–Kier alpha value is -0.700. The fourth-order valence-corrected chi connectivity index (χ4v) is 1.83. The van der Waals surface area contributed by atoms with Crippen LogP contribution in [-0.2, 0) is 0 Å². The molecule has 0 heterocycles. The van der Waals surface area contributed by atoms with Crippen molar-refractivity contribution >= 4 is 0 Å². The molecule has 0 nitrogen and oxygen atoms in total. The van der Waals surface area contributed by atoms with Gasteiger partial charge in [-0.1, -0.05) is 83.1 Å². The Morgan fingerprint density at radius 3 is 1.94 bits per heavy atom. The first-order chi connectivity index (χ1) is 8.41. The molecule has 0 saturated carbocycles. The highest BCUT2D eigenvalue weighted by Gasteiger charge is 1.90. The number of hydrogen-bond acceptors (Lipinski definition) is 0. The van der Waals surface area contributed by atoms with Crippen LogP contribution in [0.15, 0.2) is 12.2 Å². The summed E-state index contributed by atoms with van der Waals surface area (Å²) in [5, 5.41) is 0. The van der Waals surface area contributed by atoms with Crippen LogP contribution < -0.4 is 0 Å². The minimum Gasteiger partial charge on any atom is -0.0985 e. The lowest BCUT2D eigenvalue weighted by molar-refractivity contribution is 0.567. The summed E-state index contributed by atoms with van der Waals surface area (Å²) in [6, 6.07) is 0. The Balaban J connectivity index is 3.07. The van der Waals surface area contributed by atoms with Gasteiger partial charge in [-0.25, -0.2) is 0 Å². The van der Waals surface area contributed by atoms with E-state index >= 15 is 0 Å². The molecule has 0 atom stereocenters. The quantitative estimate of drug-likeness (QED) is 0.327. The highest BCUT2D eigenvalue weighted by molar-refractivity contribution is 5.14. The van der Waals surface area contributed by atoms with E-state index in [-0.39, 0.29) is 0 Å². The Labute approximate surface area is 109 Å². The molecule has 17 heavy (non-hydrogen) atoms. The van der Waals surface area contributed by atoms with Gasteiger partial charge in [-0.3, -0.25) is 0 Å². The maximum Gasteiger partial charge on any atom is 0.00922 e. The van der Waals surface area contributed by atoms with Gasteiger partial charge in [0.25, 0.3) is 0 Å². The van der Waals surface area contributed by atoms with Gasteiger partial charge >= 0.3 is 0 Å². The van der Waals surface area contributed by atoms with E-state index in [4.69, 9.17) is 0 Å². The Kier molecular flexibility index (Phi) is 14.7. The molecule has 0 aliphatic carbocycles. The first kappa shape index (κ1) is 16.3. The summed E-state index contributed by atoms with van der Waals surface area (Å²) in [5.41, 5.74) is 0. The average molecular weight is 234 g/mol. The van der Waals surface area contributed by atoms with Crippen LogP contribution in [-0.4, -0.2) is 0 Å². The molecule has 98 valence electrons. The van der Waals surface area contributed by atoms with Crippen molar-refractivity contribution in [3.05, 3.63) is 12.2 Å². The molecular formula is C17H30. The van der Waals surface area contributed by atoms with Crippen molar-refractivity contribution in [1.82, 2.24) is 0 Å². The maximum absolute atomic E-state index is 3.20. The topological polar surface area (TPSA) is 0 Å². The van der Waals surface area contributed by atoms with Crippen LogP contribution in [0.2, 0.25) is 0 Å². The van der Waals surface area contributed by atoms with Crippen molar-refractivity contribution in [2.24, 2.45) is 0 Å². The van der Waals surface area contributed by atoms with Crippen molar-refractivity contribution in [2.75, 3.05) is 0 Å². The highest BCUT2D eigenvalue weighted by atomic mass is 14.0. The lowest BCUT2D eigenvalue weighted by Crippen LogP contribution is -1.80. The number of rotatable bonds is 10. The van der Waals surface area contributed by atoms with Crippen LogP contribution in [0.4, 0.5) is 0 Å². The summed E-state index contributed by atoms with van der Waals surface area (Å²) in [7, 11) is 0. The highest BCUT2D eigenvalue weighted by Crippen LogP contribution is 2.10. The first-order valence-electron chi connectivity index (χ1n) is 7.55. The predicted molar refractivity (Wildman–Crippen MR) is 79.1 cm³/mol. The van der Waals surface area contributed by atoms with Gasteiger partial charge in [0.05, 0.1) is 0 Å². The molecular weight excluding hydrogens is 204 g/mol. The van der Waals surface area contributed by atoms with E-state index in [1.165, 1.54) is 57.8 Å². The lowest BCUT2D eigenvalue weighted by Gasteiger charge is -1.99. The van der Waals surface area contributed by atoms with Crippen molar-refractivity contribution in [2.45, 2.75) is 84.5 Å². The molecule has 0 rings (SSSR count). The largest absolute Gasteiger partial charge is 0.0985 e. The van der Waals surface area contributed by atoms with Crippen molar-refractivity contribution in [1.29, 1.82) is 0 Å². The van der Waals surface area contributed by atoms with Crippen LogP contribution >= 0.6 is 0 Å². The molecule has 0 unspecified atom stereocenters. The molecule has 0 aliphatic heterocycles. The monoisotopic (exact) mass is 234 g/mol. The molecule has 0 aliphatic rings. The molecule has 0 spiro atoms. The third kappa shape index (κ3) is 15.3. The van der Waals surface area contributed by atoms with Crippen molar-refractivity contribution in [3.63, 3.8) is 0 Å². The van der Waals surface area contributed by atoms with Crippen LogP contribution in [0.25, 0.3) is 0 Å². The number of hydrogen-bond donors (Lipinski definition) is 0. The summed E-state index contributed by atoms with van der Waals surface area (Å²) in [4.78, 5) is 0. The van der Waals surface area contributed by atoms with Crippen LogP contribution in [0, 0.1) is 11.8 Å². The molecule has 0 aromatic heterocycles. The van der Waals surface area contributed by atoms with Gasteiger partial charge in [0, 0.05) is 6.42 Å². The van der Waals surface area contributed by atoms with E-state index in [2.05, 4.69) is 31.8 Å². The van der Waals surface area contributed by atoms with Crippen LogP contribution in [0.1, 0.15) is 84.5 Å². The molecule has 0 heteroatoms. The number of allylic oxidation sites excluding steroid dienone is 2. The molecule has 0 aromatic carbocycles. The zero-order chi connectivity index (χ0) is 12.6. The summed E-state index contributed by atoms with van der Waals surface area (Å²) >= 11 is 0. The molecule has 0 amide bonds. The van der Waals surface area contributed by atoms with E-state index in [0.29, 0.717) is 0 Å².